The van der Waals surface area contributed by atoms with Crippen LogP contribution in [0.5, 0.6) is 5.75 Å². The third-order valence-corrected chi connectivity index (χ3v) is 4.19. The van der Waals surface area contributed by atoms with Crippen molar-refractivity contribution in [1.29, 1.82) is 0 Å². The van der Waals surface area contributed by atoms with Crippen LogP contribution < -0.4 is 20.9 Å². The fraction of sp³-hybridized carbons (Fsp3) is 0.0476. The minimum Gasteiger partial charge on any atom is -0.495 e. The van der Waals surface area contributed by atoms with Crippen molar-refractivity contribution >= 4 is 29.2 Å². The lowest BCUT2D eigenvalue weighted by Crippen LogP contribution is -2.43. The number of nitrogens with one attached hydrogen (secondary N) is 3. The molecule has 0 unspecified atom stereocenters. The van der Waals surface area contributed by atoms with Gasteiger partial charge in [-0.2, -0.15) is 0 Å². The van der Waals surface area contributed by atoms with Gasteiger partial charge in [-0.25, -0.2) is 10.2 Å². The summed E-state index contributed by atoms with van der Waals surface area (Å²) in [5, 5.41) is 3.01. The molecule has 3 N–H and O–H groups in total. The van der Waals surface area contributed by atoms with Gasteiger partial charge in [0, 0.05) is 10.6 Å². The van der Waals surface area contributed by atoms with Crippen LogP contribution in [0.25, 0.3) is 11.1 Å². The second-order valence-corrected chi connectivity index (χ2v) is 6.26. The van der Waals surface area contributed by atoms with Crippen LogP contribution in [0.3, 0.4) is 0 Å². The third-order valence-electron chi connectivity index (χ3n) is 3.95. The van der Waals surface area contributed by atoms with Crippen molar-refractivity contribution in [3.8, 4) is 16.9 Å². The molecule has 0 aromatic heterocycles. The molecule has 0 radical (unpaired) electrons. The second-order valence-electron chi connectivity index (χ2n) is 5.82. The maximum Gasteiger partial charge on any atom is 0.338 e. The number of urea groups is 1. The van der Waals surface area contributed by atoms with Crippen molar-refractivity contribution in [2.45, 2.75) is 0 Å². The second kappa shape index (κ2) is 8.92. The number of anilines is 1. The highest BCUT2D eigenvalue weighted by atomic mass is 35.5. The van der Waals surface area contributed by atoms with E-state index in [1.54, 1.807) is 30.3 Å². The van der Waals surface area contributed by atoms with E-state index in [2.05, 4.69) is 16.2 Å². The molecule has 3 rings (SSSR count). The van der Waals surface area contributed by atoms with Crippen molar-refractivity contribution in [3.63, 3.8) is 0 Å². The largest absolute Gasteiger partial charge is 0.495 e. The fourth-order valence-electron chi connectivity index (χ4n) is 2.56. The van der Waals surface area contributed by atoms with Gasteiger partial charge >= 0.3 is 6.03 Å². The van der Waals surface area contributed by atoms with E-state index < -0.39 is 11.9 Å². The summed E-state index contributed by atoms with van der Waals surface area (Å²) in [5.74, 6) is 0.00944. The van der Waals surface area contributed by atoms with Gasteiger partial charge in [-0.3, -0.25) is 10.2 Å². The first kappa shape index (κ1) is 19.3. The van der Waals surface area contributed by atoms with Crippen molar-refractivity contribution in [1.82, 2.24) is 10.9 Å². The van der Waals surface area contributed by atoms with Gasteiger partial charge in [0.05, 0.1) is 12.8 Å². The van der Waals surface area contributed by atoms with E-state index in [4.69, 9.17) is 16.3 Å². The number of ether oxygens (including phenoxy) is 1. The molecule has 28 heavy (non-hydrogen) atoms. The number of hydrogen-bond donors (Lipinski definition) is 3. The molecular formula is C21H18ClN3O3. The first-order valence-corrected chi connectivity index (χ1v) is 8.81. The van der Waals surface area contributed by atoms with E-state index in [0.717, 1.165) is 11.1 Å². The minimum absolute atomic E-state index is 0.383. The number of hydrogen-bond acceptors (Lipinski definition) is 3. The van der Waals surface area contributed by atoms with E-state index in [0.29, 0.717) is 22.0 Å². The maximum atomic E-state index is 12.2. The van der Waals surface area contributed by atoms with Crippen LogP contribution in [0, 0.1) is 0 Å². The lowest BCUT2D eigenvalue weighted by Gasteiger charge is -2.12. The molecule has 3 aromatic carbocycles. The number of carbonyl (C=O) groups excluding carboxylic acids is 2. The number of halogens is 1. The van der Waals surface area contributed by atoms with Gasteiger partial charge in [-0.1, -0.05) is 54.1 Å². The van der Waals surface area contributed by atoms with Gasteiger partial charge in [0.1, 0.15) is 5.75 Å². The molecule has 142 valence electrons. The normalized spacial score (nSPS) is 10.1. The topological polar surface area (TPSA) is 79.5 Å². The third kappa shape index (κ3) is 4.81. The fourth-order valence-corrected chi connectivity index (χ4v) is 2.73. The summed E-state index contributed by atoms with van der Waals surface area (Å²) in [7, 11) is 1.48. The zero-order valence-electron chi connectivity index (χ0n) is 15.0. The molecule has 0 atom stereocenters. The minimum atomic E-state index is -0.630. The lowest BCUT2D eigenvalue weighted by atomic mass is 10.0. The Balaban J connectivity index is 1.58. The van der Waals surface area contributed by atoms with E-state index >= 15 is 0 Å². The Hall–Kier alpha value is -3.51. The average molecular weight is 396 g/mol. The van der Waals surface area contributed by atoms with Gasteiger partial charge in [0.2, 0.25) is 0 Å². The smallest absolute Gasteiger partial charge is 0.338 e. The summed E-state index contributed by atoms with van der Waals surface area (Å²) in [5.41, 5.74) is 7.51. The Morgan fingerprint density at radius 1 is 0.857 bits per heavy atom. The van der Waals surface area contributed by atoms with Gasteiger partial charge < -0.3 is 10.1 Å². The Morgan fingerprint density at radius 3 is 2.21 bits per heavy atom. The summed E-state index contributed by atoms with van der Waals surface area (Å²) in [6, 6.07) is 21.1. The van der Waals surface area contributed by atoms with Gasteiger partial charge in [-0.15, -0.1) is 0 Å². The van der Waals surface area contributed by atoms with Crippen LogP contribution in [0.2, 0.25) is 5.02 Å². The maximum absolute atomic E-state index is 12.2. The number of rotatable bonds is 4. The van der Waals surface area contributed by atoms with Crippen molar-refractivity contribution in [2.24, 2.45) is 0 Å². The lowest BCUT2D eigenvalue weighted by molar-refractivity contribution is 0.0938. The number of benzene rings is 3. The summed E-state index contributed by atoms with van der Waals surface area (Å²) in [4.78, 5) is 24.3. The monoisotopic (exact) mass is 395 g/mol. The summed E-state index contributed by atoms with van der Waals surface area (Å²) >= 11 is 5.92. The standard InChI is InChI=1S/C21H18ClN3O3/c1-28-19-12-11-17(22)13-18(19)23-21(27)25-24-20(26)16-9-7-15(8-10-16)14-5-3-2-4-6-14/h2-13H,1H3,(H,24,26)(H2,23,25,27). The van der Waals surface area contributed by atoms with Crippen LogP contribution in [0.1, 0.15) is 10.4 Å². The molecule has 3 aromatic rings. The van der Waals surface area contributed by atoms with Crippen LogP contribution in [0.4, 0.5) is 10.5 Å². The van der Waals surface area contributed by atoms with Crippen LogP contribution >= 0.6 is 11.6 Å². The van der Waals surface area contributed by atoms with E-state index in [1.165, 1.54) is 7.11 Å². The molecule has 0 fully saturated rings. The SMILES string of the molecule is COc1ccc(Cl)cc1NC(=O)NNC(=O)c1ccc(-c2ccccc2)cc1. The number of amides is 3. The quantitative estimate of drug-likeness (QED) is 0.570. The van der Waals surface area contributed by atoms with Crippen LogP contribution in [0.15, 0.2) is 72.8 Å². The molecule has 0 aliphatic rings. The Labute approximate surface area is 167 Å². The average Bonchev–Trinajstić information content (AvgIpc) is 2.73. The Bertz CT molecular complexity index is 976. The van der Waals surface area contributed by atoms with E-state index in [9.17, 15) is 9.59 Å². The first-order chi connectivity index (χ1) is 13.6. The predicted molar refractivity (Wildman–Crippen MR) is 110 cm³/mol. The van der Waals surface area contributed by atoms with Gasteiger partial charge in [-0.05, 0) is 41.5 Å². The summed E-state index contributed by atoms with van der Waals surface area (Å²) in [6.45, 7) is 0. The van der Waals surface area contributed by atoms with Crippen molar-refractivity contribution in [2.75, 3.05) is 12.4 Å². The Kier molecular flexibility index (Phi) is 6.14. The molecule has 0 spiro atoms. The molecule has 0 heterocycles. The number of hydrazine groups is 1. The van der Waals surface area contributed by atoms with Crippen molar-refractivity contribution < 1.29 is 14.3 Å². The van der Waals surface area contributed by atoms with Gasteiger partial charge in [0.15, 0.2) is 0 Å². The molecule has 7 heteroatoms. The molecule has 0 aliphatic heterocycles. The van der Waals surface area contributed by atoms with Crippen molar-refractivity contribution in [3.05, 3.63) is 83.4 Å². The molecule has 6 nitrogen and oxygen atoms in total. The van der Waals surface area contributed by atoms with E-state index in [-0.39, 0.29) is 0 Å². The predicted octanol–water partition coefficient (Wildman–Crippen LogP) is 4.48. The zero-order valence-corrected chi connectivity index (χ0v) is 15.8. The number of carbonyl (C=O) groups is 2. The highest BCUT2D eigenvalue weighted by molar-refractivity contribution is 6.31. The Morgan fingerprint density at radius 2 is 1.54 bits per heavy atom. The number of methoxy groups -OCH3 is 1. The molecule has 0 aliphatic carbocycles. The van der Waals surface area contributed by atoms with Crippen LogP contribution in [-0.4, -0.2) is 19.0 Å². The van der Waals surface area contributed by atoms with Gasteiger partial charge in [0.25, 0.3) is 5.91 Å². The molecule has 3 amide bonds. The molecule has 0 saturated carbocycles. The van der Waals surface area contributed by atoms with E-state index in [1.807, 2.05) is 42.5 Å². The zero-order chi connectivity index (χ0) is 19.9. The first-order valence-electron chi connectivity index (χ1n) is 8.43. The molecule has 0 bridgehead atoms. The highest BCUT2D eigenvalue weighted by Gasteiger charge is 2.10. The molecule has 0 saturated heterocycles. The summed E-state index contributed by atoms with van der Waals surface area (Å²) < 4.78 is 5.16. The summed E-state index contributed by atoms with van der Waals surface area (Å²) in [6.07, 6.45) is 0. The van der Waals surface area contributed by atoms with Crippen LogP contribution in [-0.2, 0) is 0 Å². The molecular weight excluding hydrogens is 378 g/mol. The highest BCUT2D eigenvalue weighted by Crippen LogP contribution is 2.27.